The van der Waals surface area contributed by atoms with Crippen molar-refractivity contribution in [2.75, 3.05) is 26.2 Å². The lowest BCUT2D eigenvalue weighted by atomic mass is 9.98. The van der Waals surface area contributed by atoms with E-state index in [0.717, 1.165) is 34.9 Å². The predicted molar refractivity (Wildman–Crippen MR) is 102 cm³/mol. The number of carboxylic acids is 1. The van der Waals surface area contributed by atoms with Crippen LogP contribution in [0.15, 0.2) is 34.1 Å². The second-order valence-corrected chi connectivity index (χ2v) is 8.02. The van der Waals surface area contributed by atoms with E-state index in [1.807, 2.05) is 17.5 Å². The van der Waals surface area contributed by atoms with E-state index in [9.17, 15) is 4.79 Å². The second-order valence-electron chi connectivity index (χ2n) is 6.16. The molecule has 2 aromatic heterocycles. The first kappa shape index (κ1) is 18.1. The van der Waals surface area contributed by atoms with Crippen LogP contribution in [0, 0.1) is 12.8 Å². The third kappa shape index (κ3) is 4.68. The van der Waals surface area contributed by atoms with Crippen molar-refractivity contribution in [3.63, 3.8) is 0 Å². The Morgan fingerprint density at radius 3 is 2.96 bits per heavy atom. The standard InChI is InChI=1S/C18H22N2O3S2/c1-13-6-11-25-17(13)16(15-5-3-10-24-15)19-23-9-8-20-7-2-4-14(12-20)18(21)22/h3,5-6,10-11,14H,2,4,7-9,12H2,1H3,(H,21,22)/b19-16+/t14-/m1/s1. The number of rotatable bonds is 7. The van der Waals surface area contributed by atoms with Crippen LogP contribution in [0.4, 0.5) is 0 Å². The van der Waals surface area contributed by atoms with Gasteiger partial charge in [-0.15, -0.1) is 22.7 Å². The van der Waals surface area contributed by atoms with Crippen molar-refractivity contribution in [2.45, 2.75) is 19.8 Å². The van der Waals surface area contributed by atoms with E-state index in [1.54, 1.807) is 22.7 Å². The van der Waals surface area contributed by atoms with Gasteiger partial charge in [-0.25, -0.2) is 0 Å². The number of thiophene rings is 2. The molecule has 1 aliphatic rings. The van der Waals surface area contributed by atoms with E-state index >= 15 is 0 Å². The molecule has 7 heteroatoms. The number of likely N-dealkylation sites (tertiary alicyclic amines) is 1. The number of aliphatic carboxylic acids is 1. The van der Waals surface area contributed by atoms with Gasteiger partial charge in [-0.05, 0) is 54.8 Å². The minimum absolute atomic E-state index is 0.257. The van der Waals surface area contributed by atoms with Gasteiger partial charge in [0, 0.05) is 13.1 Å². The number of carboxylic acid groups (broad SMARTS) is 1. The van der Waals surface area contributed by atoms with Crippen LogP contribution in [0.2, 0.25) is 0 Å². The van der Waals surface area contributed by atoms with Gasteiger partial charge in [0.25, 0.3) is 0 Å². The van der Waals surface area contributed by atoms with E-state index < -0.39 is 5.97 Å². The summed E-state index contributed by atoms with van der Waals surface area (Å²) in [6, 6.07) is 6.15. The number of carbonyl (C=O) groups is 1. The molecule has 1 fully saturated rings. The molecule has 1 atom stereocenters. The van der Waals surface area contributed by atoms with Crippen LogP contribution >= 0.6 is 22.7 Å². The molecular weight excluding hydrogens is 356 g/mol. The van der Waals surface area contributed by atoms with Crippen molar-refractivity contribution >= 4 is 34.4 Å². The van der Waals surface area contributed by atoms with Gasteiger partial charge in [0.2, 0.25) is 0 Å². The van der Waals surface area contributed by atoms with Crippen molar-refractivity contribution in [1.82, 2.24) is 4.90 Å². The lowest BCUT2D eigenvalue weighted by molar-refractivity contribution is -0.143. The third-order valence-corrected chi connectivity index (χ3v) is 6.24. The predicted octanol–water partition coefficient (Wildman–Crippen LogP) is 3.68. The summed E-state index contributed by atoms with van der Waals surface area (Å²) in [5.41, 5.74) is 2.07. The lowest BCUT2D eigenvalue weighted by Crippen LogP contribution is -2.40. The topological polar surface area (TPSA) is 62.1 Å². The average molecular weight is 379 g/mol. The summed E-state index contributed by atoms with van der Waals surface area (Å²) < 4.78 is 0. The summed E-state index contributed by atoms with van der Waals surface area (Å²) in [6.45, 7) is 4.78. The summed E-state index contributed by atoms with van der Waals surface area (Å²) in [6.07, 6.45) is 1.69. The van der Waals surface area contributed by atoms with Crippen molar-refractivity contribution in [3.05, 3.63) is 44.3 Å². The average Bonchev–Trinajstić information content (AvgIpc) is 3.27. The summed E-state index contributed by atoms with van der Waals surface area (Å²) in [7, 11) is 0. The SMILES string of the molecule is Cc1ccsc1/C(=N/OCCN1CCC[C@@H](C(=O)O)C1)c1cccs1. The largest absolute Gasteiger partial charge is 0.481 e. The van der Waals surface area contributed by atoms with Gasteiger partial charge in [0.1, 0.15) is 12.3 Å². The number of aryl methyl sites for hydroxylation is 1. The highest BCUT2D eigenvalue weighted by Gasteiger charge is 2.25. The van der Waals surface area contributed by atoms with Crippen LogP contribution in [-0.2, 0) is 9.63 Å². The highest BCUT2D eigenvalue weighted by molar-refractivity contribution is 7.16. The fraction of sp³-hybridized carbons (Fsp3) is 0.444. The molecule has 134 valence electrons. The van der Waals surface area contributed by atoms with Crippen molar-refractivity contribution in [2.24, 2.45) is 11.1 Å². The van der Waals surface area contributed by atoms with Gasteiger partial charge < -0.3 is 9.94 Å². The van der Waals surface area contributed by atoms with E-state index in [0.29, 0.717) is 19.7 Å². The molecule has 0 radical (unpaired) electrons. The molecule has 25 heavy (non-hydrogen) atoms. The molecule has 1 N–H and O–H groups in total. The lowest BCUT2D eigenvalue weighted by Gasteiger charge is -2.29. The van der Waals surface area contributed by atoms with Gasteiger partial charge in [0.15, 0.2) is 0 Å². The van der Waals surface area contributed by atoms with E-state index in [1.165, 1.54) is 5.56 Å². The zero-order valence-corrected chi connectivity index (χ0v) is 15.8. The molecule has 0 saturated carbocycles. The highest BCUT2D eigenvalue weighted by atomic mass is 32.1. The maximum Gasteiger partial charge on any atom is 0.307 e. The second kappa shape index (κ2) is 8.60. The summed E-state index contributed by atoms with van der Waals surface area (Å²) in [5, 5.41) is 17.7. The summed E-state index contributed by atoms with van der Waals surface area (Å²) in [5.74, 6) is -0.954. The number of piperidine rings is 1. The van der Waals surface area contributed by atoms with Gasteiger partial charge in [-0.3, -0.25) is 9.69 Å². The Balaban J connectivity index is 1.59. The fourth-order valence-electron chi connectivity index (χ4n) is 2.97. The quantitative estimate of drug-likeness (QED) is 0.453. The minimum Gasteiger partial charge on any atom is -0.481 e. The maximum atomic E-state index is 11.1. The smallest absolute Gasteiger partial charge is 0.307 e. The number of oxime groups is 1. The van der Waals surface area contributed by atoms with Gasteiger partial charge in [0.05, 0.1) is 15.7 Å². The molecule has 1 saturated heterocycles. The van der Waals surface area contributed by atoms with Crippen LogP contribution in [0.5, 0.6) is 0 Å². The van der Waals surface area contributed by atoms with E-state index in [-0.39, 0.29) is 5.92 Å². The Morgan fingerprint density at radius 1 is 1.40 bits per heavy atom. The summed E-state index contributed by atoms with van der Waals surface area (Å²) >= 11 is 3.31. The molecule has 0 aliphatic carbocycles. The number of hydrogen-bond donors (Lipinski definition) is 1. The van der Waals surface area contributed by atoms with Crippen molar-refractivity contribution < 1.29 is 14.7 Å². The first-order valence-corrected chi connectivity index (χ1v) is 10.1. The molecule has 0 aromatic carbocycles. The zero-order valence-electron chi connectivity index (χ0n) is 14.2. The van der Waals surface area contributed by atoms with Crippen LogP contribution in [0.25, 0.3) is 0 Å². The third-order valence-electron chi connectivity index (χ3n) is 4.34. The molecule has 0 unspecified atom stereocenters. The number of nitrogens with zero attached hydrogens (tertiary/aromatic N) is 2. The van der Waals surface area contributed by atoms with Gasteiger partial charge in [-0.1, -0.05) is 11.2 Å². The Bertz CT molecular complexity index is 725. The minimum atomic E-state index is -0.697. The zero-order chi connectivity index (χ0) is 17.6. The molecule has 0 amide bonds. The summed E-state index contributed by atoms with van der Waals surface area (Å²) in [4.78, 5) is 21.1. The molecule has 3 rings (SSSR count). The first-order valence-electron chi connectivity index (χ1n) is 8.38. The molecule has 3 heterocycles. The van der Waals surface area contributed by atoms with Crippen LogP contribution in [0.1, 0.15) is 28.2 Å². The Kier molecular flexibility index (Phi) is 6.23. The maximum absolute atomic E-state index is 11.1. The van der Waals surface area contributed by atoms with E-state index in [4.69, 9.17) is 9.94 Å². The Hall–Kier alpha value is -1.70. The molecule has 2 aromatic rings. The van der Waals surface area contributed by atoms with Crippen LogP contribution in [0.3, 0.4) is 0 Å². The molecule has 1 aliphatic heterocycles. The Morgan fingerprint density at radius 2 is 2.28 bits per heavy atom. The molecule has 0 spiro atoms. The molecule has 0 bridgehead atoms. The number of hydrogen-bond acceptors (Lipinski definition) is 6. The monoisotopic (exact) mass is 378 g/mol. The fourth-order valence-corrected chi connectivity index (χ4v) is 4.66. The van der Waals surface area contributed by atoms with Gasteiger partial charge in [-0.2, -0.15) is 0 Å². The Labute approximate surface area is 155 Å². The van der Waals surface area contributed by atoms with E-state index in [2.05, 4.69) is 28.4 Å². The van der Waals surface area contributed by atoms with Gasteiger partial charge >= 0.3 is 5.97 Å². The van der Waals surface area contributed by atoms with Crippen LogP contribution < -0.4 is 0 Å². The normalized spacial score (nSPS) is 19.1. The molecular formula is C18H22N2O3S2. The highest BCUT2D eigenvalue weighted by Crippen LogP contribution is 2.23. The van der Waals surface area contributed by atoms with Crippen molar-refractivity contribution in [3.8, 4) is 0 Å². The molecule has 5 nitrogen and oxygen atoms in total. The van der Waals surface area contributed by atoms with Crippen molar-refractivity contribution in [1.29, 1.82) is 0 Å². The first-order chi connectivity index (χ1) is 12.1. The van der Waals surface area contributed by atoms with Crippen LogP contribution in [-0.4, -0.2) is 47.9 Å².